The molecule has 0 bridgehead atoms. The van der Waals surface area contributed by atoms with Crippen LogP contribution in [0.5, 0.6) is 5.75 Å². The van der Waals surface area contributed by atoms with E-state index in [1.54, 1.807) is 18.2 Å². The van der Waals surface area contributed by atoms with Crippen LogP contribution in [0.4, 0.5) is 10.3 Å². The van der Waals surface area contributed by atoms with E-state index in [9.17, 15) is 4.39 Å². The summed E-state index contributed by atoms with van der Waals surface area (Å²) >= 11 is 0. The molecule has 0 radical (unpaired) electrons. The molecule has 172 valence electrons. The molecular formula is C24H28FN7O. The number of para-hydroxylation sites is 1. The number of pyridine rings is 1. The number of hydrazone groups is 1. The fourth-order valence-electron chi connectivity index (χ4n) is 3.17. The lowest BCUT2D eigenvalue weighted by Crippen LogP contribution is -2.18. The Morgan fingerprint density at radius 2 is 1.91 bits per heavy atom. The molecule has 0 spiro atoms. The minimum Gasteiger partial charge on any atom is -0.493 e. The molecule has 8 nitrogen and oxygen atoms in total. The van der Waals surface area contributed by atoms with Gasteiger partial charge in [-0.15, -0.1) is 0 Å². The number of hydrogen-bond acceptors (Lipinski definition) is 8. The van der Waals surface area contributed by atoms with Gasteiger partial charge in [0.1, 0.15) is 5.71 Å². The van der Waals surface area contributed by atoms with Crippen molar-refractivity contribution in [1.29, 1.82) is 0 Å². The number of benzene rings is 1. The first-order valence-corrected chi connectivity index (χ1v) is 10.5. The van der Waals surface area contributed by atoms with Crippen molar-refractivity contribution in [1.82, 2.24) is 15.0 Å². The topological polar surface area (TPSA) is 125 Å². The van der Waals surface area contributed by atoms with Crippen molar-refractivity contribution in [2.45, 2.75) is 39.2 Å². The molecule has 0 saturated heterocycles. The molecule has 0 saturated carbocycles. The minimum atomic E-state index is -0.510. The molecule has 0 aliphatic rings. The van der Waals surface area contributed by atoms with E-state index in [2.05, 4.69) is 40.8 Å². The van der Waals surface area contributed by atoms with Crippen LogP contribution in [0, 0.1) is 5.82 Å². The fourth-order valence-corrected chi connectivity index (χ4v) is 3.17. The number of nitrogens with two attached hydrogens (primary N) is 2. The molecule has 1 aromatic carbocycles. The maximum atomic E-state index is 14.1. The molecule has 2 heterocycles. The smallest absolute Gasteiger partial charge is 0.221 e. The van der Waals surface area contributed by atoms with E-state index < -0.39 is 5.82 Å². The summed E-state index contributed by atoms with van der Waals surface area (Å²) in [7, 11) is 1.39. The van der Waals surface area contributed by atoms with Crippen LogP contribution in [-0.2, 0) is 12.0 Å². The van der Waals surface area contributed by atoms with Crippen molar-refractivity contribution in [3.8, 4) is 17.0 Å². The lowest BCUT2D eigenvalue weighted by Gasteiger charge is -2.22. The quantitative estimate of drug-likeness (QED) is 0.305. The summed E-state index contributed by atoms with van der Waals surface area (Å²) in [5, 5.41) is 3.79. The number of anilines is 1. The Bertz CT molecular complexity index is 1190. The molecule has 0 amide bonds. The number of nitrogen functional groups attached to an aromatic ring is 1. The molecule has 0 aliphatic heterocycles. The highest BCUT2D eigenvalue weighted by molar-refractivity contribution is 6.37. The Hall–Kier alpha value is -3.88. The van der Waals surface area contributed by atoms with Gasteiger partial charge in [0.2, 0.25) is 5.95 Å². The molecule has 0 aliphatic carbocycles. The first-order chi connectivity index (χ1) is 15.8. The number of methoxy groups -OCH3 is 1. The second-order valence-electron chi connectivity index (χ2n) is 8.05. The van der Waals surface area contributed by atoms with Gasteiger partial charge >= 0.3 is 0 Å². The average Bonchev–Trinajstić information content (AvgIpc) is 2.81. The molecule has 3 rings (SSSR count). The Morgan fingerprint density at radius 3 is 2.61 bits per heavy atom. The standard InChI is InChI=1S/C24H28FN7O/c1-5-24(2,3)21-11-6-8-15(29-21)13-28-14-20(32-27)19-12-18(30-23(26)31-19)16-9-7-10-17(25)22(16)33-4/h6-12,14H,5,13,27H2,1-4H3,(H2,26,30,31)/b28-14?,32-20+. The summed E-state index contributed by atoms with van der Waals surface area (Å²) in [5.41, 5.74) is 9.18. The number of aromatic nitrogens is 3. The van der Waals surface area contributed by atoms with E-state index in [1.807, 2.05) is 18.2 Å². The zero-order chi connectivity index (χ0) is 24.0. The van der Waals surface area contributed by atoms with Gasteiger partial charge in [0.05, 0.1) is 37.0 Å². The van der Waals surface area contributed by atoms with E-state index in [0.717, 1.165) is 17.8 Å². The third-order valence-corrected chi connectivity index (χ3v) is 5.44. The van der Waals surface area contributed by atoms with Crippen LogP contribution in [0.25, 0.3) is 11.3 Å². The zero-order valence-corrected chi connectivity index (χ0v) is 19.2. The minimum absolute atomic E-state index is 0.0143. The molecule has 33 heavy (non-hydrogen) atoms. The third-order valence-electron chi connectivity index (χ3n) is 5.44. The van der Waals surface area contributed by atoms with Crippen molar-refractivity contribution < 1.29 is 9.13 Å². The van der Waals surface area contributed by atoms with Crippen molar-refractivity contribution in [2.24, 2.45) is 15.9 Å². The Balaban J connectivity index is 1.87. The second-order valence-corrected chi connectivity index (χ2v) is 8.05. The Labute approximate surface area is 192 Å². The normalized spacial score (nSPS) is 12.3. The highest BCUT2D eigenvalue weighted by Gasteiger charge is 2.19. The highest BCUT2D eigenvalue weighted by Crippen LogP contribution is 2.31. The second kappa shape index (κ2) is 10.2. The number of aliphatic imine (C=N–C) groups is 1. The Kier molecular flexibility index (Phi) is 7.32. The van der Waals surface area contributed by atoms with Crippen LogP contribution in [0.3, 0.4) is 0 Å². The molecule has 9 heteroatoms. The first-order valence-electron chi connectivity index (χ1n) is 10.5. The van der Waals surface area contributed by atoms with Crippen molar-refractivity contribution in [3.05, 3.63) is 65.4 Å². The number of ether oxygens (including phenoxy) is 1. The molecule has 0 unspecified atom stereocenters. The molecule has 0 atom stereocenters. The lowest BCUT2D eigenvalue weighted by molar-refractivity contribution is 0.388. The molecule has 2 aromatic heterocycles. The maximum absolute atomic E-state index is 14.1. The van der Waals surface area contributed by atoms with Gasteiger partial charge in [-0.2, -0.15) is 5.10 Å². The van der Waals surface area contributed by atoms with E-state index in [0.29, 0.717) is 29.2 Å². The number of nitrogens with zero attached hydrogens (tertiary/aromatic N) is 5. The van der Waals surface area contributed by atoms with Gasteiger partial charge in [-0.1, -0.05) is 32.9 Å². The predicted octanol–water partition coefficient (Wildman–Crippen LogP) is 3.89. The van der Waals surface area contributed by atoms with Crippen LogP contribution in [-0.4, -0.2) is 34.0 Å². The fraction of sp³-hybridized carbons (Fsp3) is 0.292. The monoisotopic (exact) mass is 449 g/mol. The van der Waals surface area contributed by atoms with E-state index in [1.165, 1.54) is 19.4 Å². The van der Waals surface area contributed by atoms with Gasteiger partial charge in [-0.3, -0.25) is 9.98 Å². The van der Waals surface area contributed by atoms with Crippen LogP contribution in [0.1, 0.15) is 44.3 Å². The summed E-state index contributed by atoms with van der Waals surface area (Å²) < 4.78 is 19.3. The summed E-state index contributed by atoms with van der Waals surface area (Å²) in [6.07, 6.45) is 2.48. The Morgan fingerprint density at radius 1 is 1.15 bits per heavy atom. The molecule has 3 aromatic rings. The van der Waals surface area contributed by atoms with Crippen molar-refractivity contribution in [2.75, 3.05) is 12.8 Å². The highest BCUT2D eigenvalue weighted by atomic mass is 19.1. The average molecular weight is 450 g/mol. The van der Waals surface area contributed by atoms with Crippen LogP contribution in [0.15, 0.2) is 52.6 Å². The van der Waals surface area contributed by atoms with Gasteiger partial charge in [-0.05, 0) is 36.8 Å². The van der Waals surface area contributed by atoms with Crippen molar-refractivity contribution in [3.63, 3.8) is 0 Å². The number of halogens is 1. The van der Waals surface area contributed by atoms with Crippen LogP contribution in [0.2, 0.25) is 0 Å². The lowest BCUT2D eigenvalue weighted by atomic mass is 9.86. The SMILES string of the molecule is CCC(C)(C)c1cccc(CN=C/C(=N\N)c2cc(-c3cccc(F)c3OC)nc(N)n2)n1. The maximum Gasteiger partial charge on any atom is 0.221 e. The number of hydrogen-bond donors (Lipinski definition) is 2. The van der Waals surface area contributed by atoms with Crippen LogP contribution >= 0.6 is 0 Å². The number of rotatable bonds is 8. The van der Waals surface area contributed by atoms with Crippen molar-refractivity contribution >= 4 is 17.9 Å². The molecular weight excluding hydrogens is 421 g/mol. The molecule has 4 N–H and O–H groups in total. The largest absolute Gasteiger partial charge is 0.493 e. The third kappa shape index (κ3) is 5.49. The summed E-state index contributed by atoms with van der Waals surface area (Å²) in [4.78, 5) is 17.6. The first kappa shape index (κ1) is 23.8. The van der Waals surface area contributed by atoms with Gasteiger partial charge in [0, 0.05) is 16.7 Å². The summed E-state index contributed by atoms with van der Waals surface area (Å²) in [6, 6.07) is 12.1. The van der Waals surface area contributed by atoms with E-state index in [-0.39, 0.29) is 17.1 Å². The van der Waals surface area contributed by atoms with Gasteiger partial charge in [-0.25, -0.2) is 14.4 Å². The predicted molar refractivity (Wildman–Crippen MR) is 129 cm³/mol. The summed E-state index contributed by atoms with van der Waals surface area (Å²) in [5.74, 6) is 5.13. The van der Waals surface area contributed by atoms with Gasteiger partial charge < -0.3 is 16.3 Å². The van der Waals surface area contributed by atoms with Crippen LogP contribution < -0.4 is 16.3 Å². The van der Waals surface area contributed by atoms with E-state index in [4.69, 9.17) is 21.3 Å². The molecule has 0 fully saturated rings. The van der Waals surface area contributed by atoms with Gasteiger partial charge in [0.25, 0.3) is 0 Å². The van der Waals surface area contributed by atoms with E-state index >= 15 is 0 Å². The summed E-state index contributed by atoms with van der Waals surface area (Å²) in [6.45, 7) is 6.80. The zero-order valence-electron chi connectivity index (χ0n) is 19.2. The van der Waals surface area contributed by atoms with Gasteiger partial charge in [0.15, 0.2) is 11.6 Å².